The van der Waals surface area contributed by atoms with E-state index in [-0.39, 0.29) is 11.7 Å². The lowest BCUT2D eigenvalue weighted by molar-refractivity contribution is -0.117. The average Bonchev–Trinajstić information content (AvgIpc) is 2.81. The fourth-order valence-electron chi connectivity index (χ4n) is 3.50. The molecule has 0 saturated heterocycles. The molecule has 1 atom stereocenters. The summed E-state index contributed by atoms with van der Waals surface area (Å²) in [7, 11) is 0. The molecule has 3 aromatic carbocycles. The molecule has 0 saturated carbocycles. The minimum Gasteiger partial charge on any atom is -0.398 e. The number of hydrogen-bond acceptors (Lipinski definition) is 4. The summed E-state index contributed by atoms with van der Waals surface area (Å²) in [6.45, 7) is 4.42. The van der Waals surface area contributed by atoms with Gasteiger partial charge < -0.3 is 22.5 Å². The summed E-state index contributed by atoms with van der Waals surface area (Å²) in [6.07, 6.45) is 0.505. The van der Waals surface area contributed by atoms with Crippen molar-refractivity contribution < 1.29 is 9.59 Å². The fraction of sp³-hybridized carbons (Fsp3) is 0.192. The number of carbonyl (C=O) groups excluding carboxylic acids is 2. The van der Waals surface area contributed by atoms with Gasteiger partial charge in [0.2, 0.25) is 5.91 Å². The van der Waals surface area contributed by atoms with Crippen molar-refractivity contribution in [3.63, 3.8) is 0 Å². The van der Waals surface area contributed by atoms with E-state index in [0.29, 0.717) is 35.5 Å². The molecule has 7 nitrogen and oxygen atoms in total. The second-order valence-corrected chi connectivity index (χ2v) is 7.93. The maximum absolute atomic E-state index is 13.1. The fourth-order valence-corrected chi connectivity index (χ4v) is 3.50. The van der Waals surface area contributed by atoms with Crippen molar-refractivity contribution in [3.05, 3.63) is 94.5 Å². The van der Waals surface area contributed by atoms with Crippen molar-refractivity contribution in [3.8, 4) is 0 Å². The topological polar surface area (TPSA) is 137 Å². The number of rotatable bonds is 7. The first-order valence-corrected chi connectivity index (χ1v) is 10.7. The number of nitrogens with two attached hydrogens (primary N) is 3. The Morgan fingerprint density at radius 2 is 1.70 bits per heavy atom. The van der Waals surface area contributed by atoms with Gasteiger partial charge in [0.05, 0.1) is 5.92 Å². The minimum atomic E-state index is -0.473. The number of nitrogens with one attached hydrogen (secondary N) is 1. The summed E-state index contributed by atoms with van der Waals surface area (Å²) >= 11 is 0. The van der Waals surface area contributed by atoms with E-state index in [2.05, 4.69) is 10.3 Å². The third-order valence-electron chi connectivity index (χ3n) is 5.54. The van der Waals surface area contributed by atoms with Crippen molar-refractivity contribution in [2.24, 2.45) is 16.5 Å². The second kappa shape index (κ2) is 10.6. The van der Waals surface area contributed by atoms with E-state index >= 15 is 0 Å². The van der Waals surface area contributed by atoms with Crippen LogP contribution in [0.25, 0.3) is 0 Å². The summed E-state index contributed by atoms with van der Waals surface area (Å²) in [5.74, 6) is -1.08. The van der Waals surface area contributed by atoms with Gasteiger partial charge in [-0.3, -0.25) is 9.59 Å². The van der Waals surface area contributed by atoms with E-state index in [1.165, 1.54) is 0 Å². The number of aliphatic imine (C=N–C) groups is 1. The van der Waals surface area contributed by atoms with Crippen LogP contribution in [0.15, 0.2) is 71.7 Å². The first-order chi connectivity index (χ1) is 15.8. The molecule has 0 aliphatic carbocycles. The number of amidine groups is 1. The van der Waals surface area contributed by atoms with Crippen LogP contribution >= 0.6 is 0 Å². The Morgan fingerprint density at radius 1 is 0.970 bits per heavy atom. The normalized spacial score (nSPS) is 12.3. The van der Waals surface area contributed by atoms with E-state index in [4.69, 9.17) is 17.2 Å². The van der Waals surface area contributed by atoms with Gasteiger partial charge in [-0.1, -0.05) is 36.4 Å². The molecular weight excluding hydrogens is 414 g/mol. The lowest BCUT2D eigenvalue weighted by atomic mass is 9.92. The third-order valence-corrected chi connectivity index (χ3v) is 5.54. The highest BCUT2D eigenvalue weighted by Crippen LogP contribution is 2.25. The van der Waals surface area contributed by atoms with Crippen molar-refractivity contribution in [2.45, 2.75) is 26.2 Å². The number of nitrogen functional groups attached to an aromatic ring is 1. The zero-order chi connectivity index (χ0) is 24.0. The second-order valence-electron chi connectivity index (χ2n) is 7.93. The van der Waals surface area contributed by atoms with Crippen LogP contribution in [0.4, 0.5) is 11.4 Å². The lowest BCUT2D eigenvalue weighted by Gasteiger charge is -2.18. The first kappa shape index (κ1) is 23.7. The monoisotopic (exact) mass is 443 g/mol. The quantitative estimate of drug-likeness (QED) is 0.252. The van der Waals surface area contributed by atoms with Gasteiger partial charge in [0.1, 0.15) is 5.84 Å². The Morgan fingerprint density at radius 3 is 2.36 bits per heavy atom. The van der Waals surface area contributed by atoms with Gasteiger partial charge in [-0.2, -0.15) is 4.99 Å². The van der Waals surface area contributed by atoms with Crippen molar-refractivity contribution in [2.75, 3.05) is 17.6 Å². The molecule has 0 radical (unpaired) electrons. The van der Waals surface area contributed by atoms with Crippen LogP contribution in [0.1, 0.15) is 45.0 Å². The zero-order valence-electron chi connectivity index (χ0n) is 18.8. The Balaban J connectivity index is 1.84. The molecule has 0 aliphatic rings. The van der Waals surface area contributed by atoms with Crippen LogP contribution in [-0.2, 0) is 4.79 Å². The standard InChI is InChI=1S/C26H29N5O2/c1-16-8-9-19(14-17(16)2)21(12-13-27)26(33)30-20-10-11-23(28)22(15-20)24(29)31-25(32)18-6-4-3-5-7-18/h3-11,14-15,21H,12-13,27-28H2,1-2H3,(H,30,33)(H2,29,31,32). The molecule has 0 aromatic heterocycles. The SMILES string of the molecule is Cc1ccc(C(CCN)C(=O)Nc2ccc(N)c(C(N)=NC(=O)c3ccccc3)c2)cc1C. The minimum absolute atomic E-state index is 0.0230. The summed E-state index contributed by atoms with van der Waals surface area (Å²) in [4.78, 5) is 29.5. The Labute approximate surface area is 193 Å². The maximum atomic E-state index is 13.1. The molecule has 3 aromatic rings. The Kier molecular flexibility index (Phi) is 7.58. The molecule has 0 fully saturated rings. The molecule has 0 heterocycles. The molecule has 1 unspecified atom stereocenters. The number of carbonyl (C=O) groups is 2. The van der Waals surface area contributed by atoms with Crippen molar-refractivity contribution >= 4 is 29.0 Å². The molecule has 0 spiro atoms. The molecule has 2 amide bonds. The molecule has 33 heavy (non-hydrogen) atoms. The van der Waals surface area contributed by atoms with Crippen LogP contribution in [0.2, 0.25) is 0 Å². The van der Waals surface area contributed by atoms with Crippen LogP contribution in [0.3, 0.4) is 0 Å². The van der Waals surface area contributed by atoms with Crippen LogP contribution in [0, 0.1) is 13.8 Å². The smallest absolute Gasteiger partial charge is 0.278 e. The van der Waals surface area contributed by atoms with Crippen LogP contribution < -0.4 is 22.5 Å². The highest BCUT2D eigenvalue weighted by Gasteiger charge is 2.21. The number of benzene rings is 3. The molecule has 0 bridgehead atoms. The van der Waals surface area contributed by atoms with E-state index in [0.717, 1.165) is 16.7 Å². The summed E-state index contributed by atoms with van der Waals surface area (Å²) in [5.41, 5.74) is 22.8. The summed E-state index contributed by atoms with van der Waals surface area (Å²) in [5, 5.41) is 2.92. The van der Waals surface area contributed by atoms with Gasteiger partial charge in [0.25, 0.3) is 5.91 Å². The number of nitrogens with zero attached hydrogens (tertiary/aromatic N) is 1. The van der Waals surface area contributed by atoms with E-state index in [1.54, 1.807) is 42.5 Å². The number of anilines is 2. The summed E-state index contributed by atoms with van der Waals surface area (Å²) in [6, 6.07) is 19.5. The zero-order valence-corrected chi connectivity index (χ0v) is 18.8. The molecule has 7 heteroatoms. The van der Waals surface area contributed by atoms with Crippen molar-refractivity contribution in [1.29, 1.82) is 0 Å². The highest BCUT2D eigenvalue weighted by atomic mass is 16.2. The molecule has 0 aliphatic heterocycles. The largest absolute Gasteiger partial charge is 0.398 e. The molecule has 3 rings (SSSR count). The van der Waals surface area contributed by atoms with Gasteiger partial charge in [0, 0.05) is 22.5 Å². The predicted molar refractivity (Wildman–Crippen MR) is 133 cm³/mol. The molecule has 7 N–H and O–H groups in total. The van der Waals surface area contributed by atoms with Crippen molar-refractivity contribution in [1.82, 2.24) is 0 Å². The van der Waals surface area contributed by atoms with Gasteiger partial charge in [0.15, 0.2) is 0 Å². The average molecular weight is 444 g/mol. The maximum Gasteiger partial charge on any atom is 0.278 e. The van der Waals surface area contributed by atoms with Crippen LogP contribution in [0.5, 0.6) is 0 Å². The first-order valence-electron chi connectivity index (χ1n) is 10.7. The number of hydrogen-bond donors (Lipinski definition) is 4. The molecular formula is C26H29N5O2. The van der Waals surface area contributed by atoms with Gasteiger partial charge in [-0.05, 0) is 73.8 Å². The predicted octanol–water partition coefficient (Wildman–Crippen LogP) is 3.50. The Bertz CT molecular complexity index is 1190. The third kappa shape index (κ3) is 5.84. The van der Waals surface area contributed by atoms with Gasteiger partial charge in [-0.15, -0.1) is 0 Å². The van der Waals surface area contributed by atoms with Gasteiger partial charge in [-0.25, -0.2) is 0 Å². The van der Waals surface area contributed by atoms with E-state index < -0.39 is 11.8 Å². The number of aryl methyl sites for hydroxylation is 2. The molecule has 170 valence electrons. The summed E-state index contributed by atoms with van der Waals surface area (Å²) < 4.78 is 0. The number of amides is 2. The van der Waals surface area contributed by atoms with E-state index in [9.17, 15) is 9.59 Å². The highest BCUT2D eigenvalue weighted by molar-refractivity contribution is 6.11. The van der Waals surface area contributed by atoms with Gasteiger partial charge >= 0.3 is 0 Å². The Hall–Kier alpha value is -3.97. The van der Waals surface area contributed by atoms with Crippen LogP contribution in [-0.4, -0.2) is 24.2 Å². The van der Waals surface area contributed by atoms with E-state index in [1.807, 2.05) is 38.1 Å². The lowest BCUT2D eigenvalue weighted by Crippen LogP contribution is -2.24.